The summed E-state index contributed by atoms with van der Waals surface area (Å²) < 4.78 is 10.7. The van der Waals surface area contributed by atoms with Crippen molar-refractivity contribution >= 4 is 52.0 Å². The molecule has 1 N–H and O–H groups in total. The van der Waals surface area contributed by atoms with Gasteiger partial charge in [0.1, 0.15) is 10.8 Å². The third kappa shape index (κ3) is 5.04. The monoisotopic (exact) mass is 568 g/mol. The Kier molecular flexibility index (Phi) is 8.42. The fourth-order valence-electron chi connectivity index (χ4n) is 4.96. The van der Waals surface area contributed by atoms with E-state index in [1.165, 1.54) is 25.2 Å². The third-order valence-electron chi connectivity index (χ3n) is 6.85. The molecule has 204 valence electrons. The van der Waals surface area contributed by atoms with Crippen molar-refractivity contribution < 1.29 is 24.2 Å². The number of methoxy groups -OCH3 is 2. The van der Waals surface area contributed by atoms with Gasteiger partial charge in [-0.05, 0) is 56.7 Å². The van der Waals surface area contributed by atoms with Crippen molar-refractivity contribution in [2.75, 3.05) is 37.1 Å². The van der Waals surface area contributed by atoms with E-state index in [9.17, 15) is 14.7 Å². The molecule has 0 aliphatic carbocycles. The van der Waals surface area contributed by atoms with E-state index in [1.807, 2.05) is 55.5 Å². The summed E-state index contributed by atoms with van der Waals surface area (Å²) in [5, 5.41) is 11.8. The van der Waals surface area contributed by atoms with E-state index >= 15 is 0 Å². The minimum Gasteiger partial charge on any atom is -0.507 e. The number of rotatable bonds is 8. The van der Waals surface area contributed by atoms with Crippen LogP contribution in [0.2, 0.25) is 10.0 Å². The quantitative estimate of drug-likeness (QED) is 0.183. The molecule has 1 fully saturated rings. The average Bonchev–Trinajstić information content (AvgIpc) is 3.19. The van der Waals surface area contributed by atoms with Crippen LogP contribution in [0.3, 0.4) is 0 Å². The zero-order valence-corrected chi connectivity index (χ0v) is 23.9. The van der Waals surface area contributed by atoms with Crippen molar-refractivity contribution in [3.05, 3.63) is 86.9 Å². The Balaban J connectivity index is 1.96. The summed E-state index contributed by atoms with van der Waals surface area (Å²) in [6.45, 7) is 7.72. The minimum atomic E-state index is -0.909. The van der Waals surface area contributed by atoms with Gasteiger partial charge in [0.05, 0.1) is 36.4 Å². The molecular formula is C30H30Cl2N2O5. The van der Waals surface area contributed by atoms with Gasteiger partial charge in [0.15, 0.2) is 11.5 Å². The van der Waals surface area contributed by atoms with Crippen molar-refractivity contribution in [3.63, 3.8) is 0 Å². The predicted octanol–water partition coefficient (Wildman–Crippen LogP) is 6.79. The number of carbonyl (C=O) groups excluding carboxylic acids is 2. The van der Waals surface area contributed by atoms with Crippen LogP contribution in [0.25, 0.3) is 5.76 Å². The molecule has 1 heterocycles. The Labute approximate surface area is 238 Å². The van der Waals surface area contributed by atoms with Gasteiger partial charge < -0.3 is 19.5 Å². The second kappa shape index (κ2) is 11.6. The van der Waals surface area contributed by atoms with E-state index in [2.05, 4.69) is 18.7 Å². The third-order valence-corrected chi connectivity index (χ3v) is 7.48. The van der Waals surface area contributed by atoms with E-state index in [4.69, 9.17) is 32.7 Å². The van der Waals surface area contributed by atoms with Crippen molar-refractivity contribution in [1.29, 1.82) is 0 Å². The highest BCUT2D eigenvalue weighted by molar-refractivity contribution is 6.52. The summed E-state index contributed by atoms with van der Waals surface area (Å²) in [5.41, 5.74) is 3.09. The molecule has 39 heavy (non-hydrogen) atoms. The number of Topliss-reactive ketones (excluding diaryl/α,β-unsaturated/α-hetero) is 1. The highest BCUT2D eigenvalue weighted by Crippen LogP contribution is 2.48. The second-order valence-corrected chi connectivity index (χ2v) is 9.84. The van der Waals surface area contributed by atoms with Gasteiger partial charge in [0.25, 0.3) is 11.7 Å². The van der Waals surface area contributed by atoms with Crippen molar-refractivity contribution in [2.45, 2.75) is 26.8 Å². The molecule has 0 radical (unpaired) electrons. The van der Waals surface area contributed by atoms with Gasteiger partial charge in [-0.3, -0.25) is 14.5 Å². The van der Waals surface area contributed by atoms with Gasteiger partial charge >= 0.3 is 0 Å². The van der Waals surface area contributed by atoms with E-state index < -0.39 is 23.5 Å². The first-order valence-corrected chi connectivity index (χ1v) is 13.3. The summed E-state index contributed by atoms with van der Waals surface area (Å²) in [6.07, 6.45) is 0. The number of hydrogen-bond acceptors (Lipinski definition) is 6. The first kappa shape index (κ1) is 28.3. The second-order valence-electron chi connectivity index (χ2n) is 9.06. The van der Waals surface area contributed by atoms with Crippen LogP contribution < -0.4 is 19.3 Å². The molecule has 1 saturated heterocycles. The molecule has 0 spiro atoms. The van der Waals surface area contributed by atoms with E-state index in [0.717, 1.165) is 24.3 Å². The van der Waals surface area contributed by atoms with Crippen LogP contribution in [-0.4, -0.2) is 44.1 Å². The lowest BCUT2D eigenvalue weighted by Gasteiger charge is -2.27. The molecule has 1 aliphatic heterocycles. The van der Waals surface area contributed by atoms with E-state index in [-0.39, 0.29) is 32.7 Å². The molecule has 9 heteroatoms. The van der Waals surface area contributed by atoms with E-state index in [1.54, 1.807) is 0 Å². The number of hydrogen-bond donors (Lipinski definition) is 1. The molecule has 0 aromatic heterocycles. The van der Waals surface area contributed by atoms with Crippen LogP contribution in [0.15, 0.2) is 60.2 Å². The van der Waals surface area contributed by atoms with Crippen molar-refractivity contribution in [2.24, 2.45) is 0 Å². The molecule has 1 aliphatic rings. The largest absolute Gasteiger partial charge is 0.507 e. The van der Waals surface area contributed by atoms with E-state index in [0.29, 0.717) is 11.3 Å². The number of ketones is 1. The highest BCUT2D eigenvalue weighted by Gasteiger charge is 2.47. The van der Waals surface area contributed by atoms with Crippen LogP contribution in [0.1, 0.15) is 36.6 Å². The molecular weight excluding hydrogens is 539 g/mol. The van der Waals surface area contributed by atoms with Crippen LogP contribution in [0.4, 0.5) is 11.4 Å². The van der Waals surface area contributed by atoms with Gasteiger partial charge in [-0.15, -0.1) is 0 Å². The molecule has 4 rings (SSSR count). The Bertz CT molecular complexity index is 1450. The number of anilines is 2. The van der Waals surface area contributed by atoms with Crippen molar-refractivity contribution in [3.8, 4) is 11.5 Å². The molecule has 1 atom stereocenters. The lowest BCUT2D eigenvalue weighted by molar-refractivity contribution is -0.132. The summed E-state index contributed by atoms with van der Waals surface area (Å²) in [7, 11) is 2.78. The molecule has 0 bridgehead atoms. The number of nitrogens with zero attached hydrogens (tertiary/aromatic N) is 2. The molecule has 0 saturated carbocycles. The number of amides is 1. The fraction of sp³-hybridized carbons (Fsp3) is 0.267. The topological polar surface area (TPSA) is 79.3 Å². The zero-order valence-electron chi connectivity index (χ0n) is 22.4. The van der Waals surface area contributed by atoms with Crippen LogP contribution in [-0.2, 0) is 9.59 Å². The number of ether oxygens (including phenoxy) is 2. The zero-order chi connectivity index (χ0) is 28.4. The maximum absolute atomic E-state index is 13.6. The van der Waals surface area contributed by atoms with Gasteiger partial charge in [0.2, 0.25) is 0 Å². The van der Waals surface area contributed by atoms with Crippen LogP contribution in [0.5, 0.6) is 11.5 Å². The Morgan fingerprint density at radius 1 is 0.974 bits per heavy atom. The smallest absolute Gasteiger partial charge is 0.300 e. The first-order valence-electron chi connectivity index (χ1n) is 12.5. The first-order chi connectivity index (χ1) is 18.7. The molecule has 7 nitrogen and oxygen atoms in total. The number of halogens is 2. The summed E-state index contributed by atoms with van der Waals surface area (Å²) in [4.78, 5) is 30.7. The summed E-state index contributed by atoms with van der Waals surface area (Å²) >= 11 is 12.8. The number of aliphatic hydroxyl groups excluding tert-OH is 1. The van der Waals surface area contributed by atoms with Gasteiger partial charge in [-0.2, -0.15) is 0 Å². The average molecular weight is 569 g/mol. The van der Waals surface area contributed by atoms with Gasteiger partial charge in [-0.25, -0.2) is 0 Å². The highest BCUT2D eigenvalue weighted by atomic mass is 35.5. The molecule has 3 aromatic carbocycles. The standard InChI is InChI=1S/C30H30Cl2N2O5/c1-6-33(7-2)19-11-13-20(14-12-19)34-25(18-10-8-9-17(3)15-18)23(27(36)30(34)37)26(35)21-16-22(31)29(39-5)24(32)28(21)38-4/h8-16,25,35H,6-7H2,1-5H3/b26-23+. The minimum absolute atomic E-state index is 0.0300. The predicted molar refractivity (Wildman–Crippen MR) is 156 cm³/mol. The lowest BCUT2D eigenvalue weighted by atomic mass is 9.94. The summed E-state index contributed by atoms with van der Waals surface area (Å²) in [5.74, 6) is -1.82. The van der Waals surface area contributed by atoms with Crippen LogP contribution in [0, 0.1) is 6.92 Å². The Morgan fingerprint density at radius 2 is 1.62 bits per heavy atom. The Hall–Kier alpha value is -3.68. The van der Waals surface area contributed by atoms with Crippen LogP contribution >= 0.6 is 23.2 Å². The molecule has 1 unspecified atom stereocenters. The number of aryl methyl sites for hydroxylation is 1. The van der Waals surface area contributed by atoms with Gasteiger partial charge in [-0.1, -0.05) is 53.0 Å². The summed E-state index contributed by atoms with van der Waals surface area (Å²) in [6, 6.07) is 15.4. The lowest BCUT2D eigenvalue weighted by Crippen LogP contribution is -2.29. The number of benzene rings is 3. The number of carbonyl (C=O) groups is 2. The molecule has 1 amide bonds. The number of aliphatic hydroxyl groups is 1. The van der Waals surface area contributed by atoms with Gasteiger partial charge in [0, 0.05) is 24.5 Å². The maximum atomic E-state index is 13.6. The SMILES string of the molecule is CCN(CC)c1ccc(N2C(=O)C(=O)/C(=C(/O)c3cc(Cl)c(OC)c(Cl)c3OC)C2c2cccc(C)c2)cc1. The maximum Gasteiger partial charge on any atom is 0.300 e. The normalized spacial score (nSPS) is 16.5. The Morgan fingerprint density at radius 3 is 2.18 bits per heavy atom. The fourth-order valence-corrected chi connectivity index (χ4v) is 5.65. The molecule has 3 aromatic rings. The van der Waals surface area contributed by atoms with Crippen molar-refractivity contribution in [1.82, 2.24) is 0 Å².